The molecule has 1 N–H and O–H groups in total. The molecule has 4 rings (SSSR count). The minimum atomic E-state index is 0.238. The molecule has 2 aliphatic rings. The first-order chi connectivity index (χ1) is 10.7. The van der Waals surface area contributed by atoms with Crippen LogP contribution in [0.4, 0.5) is 0 Å². The first-order valence-electron chi connectivity index (χ1n) is 8.18. The standard InChI is InChI=1S/C17H22N4O/c1-12-19-15-4-2-3-5-16(15)20(12)11-17(22)21-13-6-7-14(21)10-18-9-8-13/h2-5,13-14,18H,6-11H2,1H3. The average Bonchev–Trinajstić information content (AvgIpc) is 2.95. The molecule has 2 atom stereocenters. The third-order valence-electron chi connectivity index (χ3n) is 5.08. The van der Waals surface area contributed by atoms with Gasteiger partial charge in [-0.25, -0.2) is 4.98 Å². The molecule has 2 bridgehead atoms. The normalized spacial score (nSPS) is 24.7. The number of carbonyl (C=O) groups is 1. The highest BCUT2D eigenvalue weighted by molar-refractivity contribution is 5.81. The lowest BCUT2D eigenvalue weighted by atomic mass is 10.1. The van der Waals surface area contributed by atoms with Crippen molar-refractivity contribution in [1.29, 1.82) is 0 Å². The Labute approximate surface area is 130 Å². The van der Waals surface area contributed by atoms with Crippen LogP contribution in [0.25, 0.3) is 11.0 Å². The van der Waals surface area contributed by atoms with Crippen molar-refractivity contribution in [2.45, 2.75) is 44.8 Å². The van der Waals surface area contributed by atoms with E-state index < -0.39 is 0 Å². The van der Waals surface area contributed by atoms with E-state index in [-0.39, 0.29) is 5.91 Å². The Hall–Kier alpha value is -1.88. The van der Waals surface area contributed by atoms with Crippen LogP contribution in [0.1, 0.15) is 25.1 Å². The van der Waals surface area contributed by atoms with Gasteiger partial charge in [0.15, 0.2) is 0 Å². The zero-order chi connectivity index (χ0) is 15.1. The molecule has 1 aromatic heterocycles. The number of nitrogens with zero attached hydrogens (tertiary/aromatic N) is 3. The fourth-order valence-electron chi connectivity index (χ4n) is 4.00. The molecule has 0 radical (unpaired) electrons. The molecule has 2 unspecified atom stereocenters. The number of amides is 1. The lowest BCUT2D eigenvalue weighted by Crippen LogP contribution is -2.44. The van der Waals surface area contributed by atoms with Gasteiger partial charge in [-0.05, 0) is 44.9 Å². The van der Waals surface area contributed by atoms with E-state index in [4.69, 9.17) is 0 Å². The summed E-state index contributed by atoms with van der Waals surface area (Å²) in [5.41, 5.74) is 2.02. The molecule has 0 aliphatic carbocycles. The highest BCUT2D eigenvalue weighted by Gasteiger charge is 2.37. The summed E-state index contributed by atoms with van der Waals surface area (Å²) in [6, 6.07) is 8.83. The summed E-state index contributed by atoms with van der Waals surface area (Å²) in [6.07, 6.45) is 3.36. The van der Waals surface area contributed by atoms with Crippen LogP contribution in [-0.4, -0.2) is 45.5 Å². The summed E-state index contributed by atoms with van der Waals surface area (Å²) < 4.78 is 2.05. The summed E-state index contributed by atoms with van der Waals surface area (Å²) in [4.78, 5) is 19.6. The number of fused-ring (bicyclic) bond motifs is 3. The smallest absolute Gasteiger partial charge is 0.243 e. The van der Waals surface area contributed by atoms with Crippen LogP contribution in [0.5, 0.6) is 0 Å². The molecule has 2 saturated heterocycles. The van der Waals surface area contributed by atoms with Crippen LogP contribution < -0.4 is 5.32 Å². The van der Waals surface area contributed by atoms with Crippen LogP contribution >= 0.6 is 0 Å². The molecule has 3 heterocycles. The van der Waals surface area contributed by atoms with Crippen molar-refractivity contribution in [3.63, 3.8) is 0 Å². The Kier molecular flexibility index (Phi) is 3.37. The lowest BCUT2D eigenvalue weighted by molar-refractivity contribution is -0.134. The van der Waals surface area contributed by atoms with E-state index in [2.05, 4.69) is 19.8 Å². The second-order valence-electron chi connectivity index (χ2n) is 6.41. The van der Waals surface area contributed by atoms with Crippen LogP contribution in [0.3, 0.4) is 0 Å². The molecule has 2 aromatic rings. The molecule has 1 aromatic carbocycles. The molecule has 2 fully saturated rings. The van der Waals surface area contributed by atoms with E-state index in [1.807, 2.05) is 31.2 Å². The number of carbonyl (C=O) groups excluding carboxylic acids is 1. The second kappa shape index (κ2) is 5.39. The van der Waals surface area contributed by atoms with Crippen molar-refractivity contribution in [3.8, 4) is 0 Å². The third kappa shape index (κ3) is 2.20. The molecule has 5 heteroatoms. The molecular weight excluding hydrogens is 276 g/mol. The van der Waals surface area contributed by atoms with E-state index in [1.54, 1.807) is 0 Å². The minimum Gasteiger partial charge on any atom is -0.334 e. The van der Waals surface area contributed by atoms with Gasteiger partial charge < -0.3 is 14.8 Å². The van der Waals surface area contributed by atoms with Crippen LogP contribution in [-0.2, 0) is 11.3 Å². The SMILES string of the molecule is Cc1nc2ccccc2n1CC(=O)N1C2CCNCC1CC2. The van der Waals surface area contributed by atoms with Crippen LogP contribution in [0.2, 0.25) is 0 Å². The minimum absolute atomic E-state index is 0.238. The van der Waals surface area contributed by atoms with E-state index in [0.29, 0.717) is 18.6 Å². The van der Waals surface area contributed by atoms with Gasteiger partial charge in [-0.3, -0.25) is 4.79 Å². The maximum Gasteiger partial charge on any atom is 0.243 e. The molecule has 0 spiro atoms. The van der Waals surface area contributed by atoms with E-state index in [1.165, 1.54) is 0 Å². The molecule has 0 saturated carbocycles. The zero-order valence-electron chi connectivity index (χ0n) is 13.0. The first-order valence-corrected chi connectivity index (χ1v) is 8.18. The quantitative estimate of drug-likeness (QED) is 0.918. The second-order valence-corrected chi connectivity index (χ2v) is 6.41. The van der Waals surface area contributed by atoms with Gasteiger partial charge >= 0.3 is 0 Å². The van der Waals surface area contributed by atoms with Gasteiger partial charge in [0.2, 0.25) is 5.91 Å². The van der Waals surface area contributed by atoms with E-state index in [0.717, 1.165) is 49.2 Å². The number of imidazole rings is 1. The molecular formula is C17H22N4O. The van der Waals surface area contributed by atoms with Crippen LogP contribution in [0, 0.1) is 6.92 Å². The van der Waals surface area contributed by atoms with Gasteiger partial charge in [0.25, 0.3) is 0 Å². The topological polar surface area (TPSA) is 50.2 Å². The average molecular weight is 298 g/mol. The number of rotatable bonds is 2. The van der Waals surface area contributed by atoms with E-state index in [9.17, 15) is 4.79 Å². The Morgan fingerprint density at radius 2 is 2.09 bits per heavy atom. The highest BCUT2D eigenvalue weighted by Crippen LogP contribution is 2.28. The Bertz CT molecular complexity index is 694. The molecule has 1 amide bonds. The first kappa shape index (κ1) is 13.8. The number of hydrogen-bond donors (Lipinski definition) is 1. The fourth-order valence-corrected chi connectivity index (χ4v) is 4.00. The maximum atomic E-state index is 12.9. The van der Waals surface area contributed by atoms with Gasteiger partial charge in [0.05, 0.1) is 11.0 Å². The molecule has 5 nitrogen and oxygen atoms in total. The number of nitrogens with one attached hydrogen (secondary N) is 1. The van der Waals surface area contributed by atoms with Gasteiger partial charge in [-0.2, -0.15) is 0 Å². The summed E-state index contributed by atoms with van der Waals surface area (Å²) in [6.45, 7) is 4.34. The highest BCUT2D eigenvalue weighted by atomic mass is 16.2. The summed E-state index contributed by atoms with van der Waals surface area (Å²) in [5, 5.41) is 3.45. The summed E-state index contributed by atoms with van der Waals surface area (Å²) >= 11 is 0. The van der Waals surface area contributed by atoms with Crippen molar-refractivity contribution in [3.05, 3.63) is 30.1 Å². The van der Waals surface area contributed by atoms with Crippen molar-refractivity contribution in [2.24, 2.45) is 0 Å². The third-order valence-corrected chi connectivity index (χ3v) is 5.08. The zero-order valence-corrected chi connectivity index (χ0v) is 13.0. The summed E-state index contributed by atoms with van der Waals surface area (Å²) in [5.74, 6) is 1.15. The van der Waals surface area contributed by atoms with Crippen molar-refractivity contribution >= 4 is 16.9 Å². The summed E-state index contributed by atoms with van der Waals surface area (Å²) in [7, 11) is 0. The maximum absolute atomic E-state index is 12.9. The fraction of sp³-hybridized carbons (Fsp3) is 0.529. The van der Waals surface area contributed by atoms with E-state index >= 15 is 0 Å². The molecule has 22 heavy (non-hydrogen) atoms. The number of aromatic nitrogens is 2. The largest absolute Gasteiger partial charge is 0.334 e. The van der Waals surface area contributed by atoms with Crippen LogP contribution in [0.15, 0.2) is 24.3 Å². The Morgan fingerprint density at radius 1 is 1.27 bits per heavy atom. The molecule has 116 valence electrons. The van der Waals surface area contributed by atoms with Gasteiger partial charge in [-0.1, -0.05) is 12.1 Å². The Morgan fingerprint density at radius 3 is 3.00 bits per heavy atom. The predicted octanol–water partition coefficient (Wildman–Crippen LogP) is 1.70. The lowest BCUT2D eigenvalue weighted by Gasteiger charge is -2.28. The predicted molar refractivity (Wildman–Crippen MR) is 85.6 cm³/mol. The Balaban J connectivity index is 1.62. The molecule has 2 aliphatic heterocycles. The number of para-hydroxylation sites is 2. The monoisotopic (exact) mass is 298 g/mol. The van der Waals surface area contributed by atoms with Crippen molar-refractivity contribution < 1.29 is 4.79 Å². The van der Waals surface area contributed by atoms with Gasteiger partial charge in [0.1, 0.15) is 12.4 Å². The number of aryl methyl sites for hydroxylation is 1. The number of hydrogen-bond acceptors (Lipinski definition) is 3. The van der Waals surface area contributed by atoms with Gasteiger partial charge in [-0.15, -0.1) is 0 Å². The van der Waals surface area contributed by atoms with Crippen molar-refractivity contribution in [1.82, 2.24) is 19.8 Å². The van der Waals surface area contributed by atoms with Crippen molar-refractivity contribution in [2.75, 3.05) is 13.1 Å². The number of benzene rings is 1. The van der Waals surface area contributed by atoms with Gasteiger partial charge in [0, 0.05) is 18.6 Å².